The molecule has 1 amide bonds. The van der Waals surface area contributed by atoms with Crippen molar-refractivity contribution in [3.05, 3.63) is 59.2 Å². The van der Waals surface area contributed by atoms with Gasteiger partial charge < -0.3 is 19.2 Å². The normalized spacial score (nSPS) is 18.0. The Morgan fingerprint density at radius 3 is 2.53 bits per heavy atom. The second-order valence-corrected chi connectivity index (χ2v) is 8.58. The number of amides is 1. The maximum Gasteiger partial charge on any atom is 0.416 e. The van der Waals surface area contributed by atoms with Gasteiger partial charge in [-0.1, -0.05) is 23.7 Å². The van der Waals surface area contributed by atoms with Gasteiger partial charge in [0.25, 0.3) is 0 Å². The highest BCUT2D eigenvalue weighted by atomic mass is 19.4. The van der Waals surface area contributed by atoms with Gasteiger partial charge >= 0.3 is 6.18 Å². The zero-order chi connectivity index (χ0) is 24.3. The second kappa shape index (κ2) is 9.95. The highest BCUT2D eigenvalue weighted by Crippen LogP contribution is 2.33. The average Bonchev–Trinajstić information content (AvgIpc) is 3.25. The molecule has 2 aromatic rings. The Bertz CT molecular complexity index is 1070. The second-order valence-electron chi connectivity index (χ2n) is 8.58. The molecule has 1 aliphatic carbocycles. The number of rotatable bonds is 8. The number of hydrogen-bond donors (Lipinski definition) is 0. The minimum Gasteiger partial charge on any atom is -0.493 e. The Kier molecular flexibility index (Phi) is 7.00. The quantitative estimate of drug-likeness (QED) is 0.535. The Hall–Kier alpha value is -3.23. The molecule has 182 valence electrons. The van der Waals surface area contributed by atoms with E-state index in [4.69, 9.17) is 14.3 Å². The molecule has 1 unspecified atom stereocenters. The van der Waals surface area contributed by atoms with Crippen LogP contribution in [0.2, 0.25) is 0 Å². The van der Waals surface area contributed by atoms with Crippen LogP contribution in [0.3, 0.4) is 0 Å². The number of alkyl halides is 3. The van der Waals surface area contributed by atoms with Gasteiger partial charge in [0.2, 0.25) is 5.91 Å². The van der Waals surface area contributed by atoms with Crippen LogP contribution in [0, 0.1) is 5.92 Å². The van der Waals surface area contributed by atoms with Gasteiger partial charge in [-0.3, -0.25) is 4.79 Å². The van der Waals surface area contributed by atoms with Crippen LogP contribution >= 0.6 is 0 Å². The molecule has 0 saturated heterocycles. The highest BCUT2D eigenvalue weighted by Gasteiger charge is 2.34. The van der Waals surface area contributed by atoms with Gasteiger partial charge in [0.1, 0.15) is 0 Å². The highest BCUT2D eigenvalue weighted by molar-refractivity contribution is 6.01. The van der Waals surface area contributed by atoms with Crippen LogP contribution in [0.25, 0.3) is 0 Å². The maximum absolute atomic E-state index is 13.2. The van der Waals surface area contributed by atoms with Crippen LogP contribution in [0.1, 0.15) is 42.4 Å². The maximum atomic E-state index is 13.2. The van der Waals surface area contributed by atoms with Gasteiger partial charge in [-0.05, 0) is 48.7 Å². The molecule has 0 bridgehead atoms. The molecule has 0 spiro atoms. The third-order valence-corrected chi connectivity index (χ3v) is 6.27. The first-order valence-corrected chi connectivity index (χ1v) is 11.2. The molecule has 6 nitrogen and oxygen atoms in total. The van der Waals surface area contributed by atoms with Crippen molar-refractivity contribution in [2.75, 3.05) is 20.8 Å². The molecule has 0 radical (unpaired) electrons. The molecular weight excluding hydrogens is 449 g/mol. The van der Waals surface area contributed by atoms with Gasteiger partial charge in [0, 0.05) is 24.4 Å². The average molecular weight is 476 g/mol. The van der Waals surface area contributed by atoms with Gasteiger partial charge in [-0.15, -0.1) is 0 Å². The van der Waals surface area contributed by atoms with E-state index in [1.807, 2.05) is 12.1 Å². The topological polar surface area (TPSA) is 60.4 Å². The van der Waals surface area contributed by atoms with Crippen molar-refractivity contribution < 1.29 is 32.3 Å². The summed E-state index contributed by atoms with van der Waals surface area (Å²) in [5, 5.41) is 4.20. The van der Waals surface area contributed by atoms with E-state index in [-0.39, 0.29) is 24.9 Å². The lowest BCUT2D eigenvalue weighted by Gasteiger charge is -2.32. The van der Waals surface area contributed by atoms with Crippen LogP contribution in [0.15, 0.2) is 47.6 Å². The number of nitrogens with zero attached hydrogens (tertiary/aromatic N) is 2. The Balaban J connectivity index is 1.47. The number of carbonyl (C=O) groups is 1. The predicted octanol–water partition coefficient (Wildman–Crippen LogP) is 5.04. The summed E-state index contributed by atoms with van der Waals surface area (Å²) in [6, 6.07) is 10.6. The minimum atomic E-state index is -4.43. The fraction of sp³-hybridized carbons (Fsp3) is 0.440. The molecule has 1 saturated carbocycles. The molecule has 9 heteroatoms. The van der Waals surface area contributed by atoms with Crippen molar-refractivity contribution in [1.82, 2.24) is 4.90 Å². The van der Waals surface area contributed by atoms with Crippen LogP contribution in [0.4, 0.5) is 13.2 Å². The summed E-state index contributed by atoms with van der Waals surface area (Å²) in [6.45, 7) is 0.330. The summed E-state index contributed by atoms with van der Waals surface area (Å²) in [4.78, 5) is 20.3. The van der Waals surface area contributed by atoms with E-state index < -0.39 is 17.8 Å². The summed E-state index contributed by atoms with van der Waals surface area (Å²) in [5.41, 5.74) is 1.23. The Labute approximate surface area is 196 Å². The number of oxime groups is 1. The first kappa shape index (κ1) is 23.9. The summed E-state index contributed by atoms with van der Waals surface area (Å²) >= 11 is 0. The number of methoxy groups -OCH3 is 2. The van der Waals surface area contributed by atoms with E-state index in [0.717, 1.165) is 37.0 Å². The van der Waals surface area contributed by atoms with E-state index in [1.54, 1.807) is 31.3 Å². The summed E-state index contributed by atoms with van der Waals surface area (Å²) in [7, 11) is 3.11. The molecular formula is C25H27F3N2O4. The molecule has 4 rings (SSSR count). The Morgan fingerprint density at radius 2 is 1.88 bits per heavy atom. The smallest absolute Gasteiger partial charge is 0.416 e. The van der Waals surface area contributed by atoms with E-state index >= 15 is 0 Å². The number of hydrogen-bond acceptors (Lipinski definition) is 5. The largest absolute Gasteiger partial charge is 0.493 e. The third kappa shape index (κ3) is 5.29. The molecule has 1 atom stereocenters. The van der Waals surface area contributed by atoms with Crippen molar-refractivity contribution >= 4 is 11.6 Å². The first-order valence-electron chi connectivity index (χ1n) is 11.2. The minimum absolute atomic E-state index is 0.0492. The van der Waals surface area contributed by atoms with Crippen molar-refractivity contribution in [1.29, 1.82) is 0 Å². The van der Waals surface area contributed by atoms with Crippen molar-refractivity contribution in [2.24, 2.45) is 11.1 Å². The van der Waals surface area contributed by atoms with Crippen LogP contribution in [0.5, 0.6) is 11.5 Å². The van der Waals surface area contributed by atoms with Crippen molar-refractivity contribution in [3.63, 3.8) is 0 Å². The molecule has 1 fully saturated rings. The van der Waals surface area contributed by atoms with E-state index in [0.29, 0.717) is 29.2 Å². The summed E-state index contributed by atoms with van der Waals surface area (Å²) < 4.78 is 50.1. The fourth-order valence-corrected chi connectivity index (χ4v) is 4.17. The van der Waals surface area contributed by atoms with E-state index in [9.17, 15) is 18.0 Å². The summed E-state index contributed by atoms with van der Waals surface area (Å²) in [5.74, 6) is 1.03. The number of carbonyl (C=O) groups excluding carboxylic acids is 1. The van der Waals surface area contributed by atoms with Gasteiger partial charge in [-0.2, -0.15) is 13.2 Å². The van der Waals surface area contributed by atoms with Crippen LogP contribution in [-0.4, -0.2) is 43.4 Å². The molecule has 1 heterocycles. The molecule has 0 aromatic heterocycles. The molecule has 0 N–H and O–H groups in total. The monoisotopic (exact) mass is 476 g/mol. The summed E-state index contributed by atoms with van der Waals surface area (Å²) in [6.07, 6.45) is -1.77. The molecule has 1 aliphatic heterocycles. The van der Waals surface area contributed by atoms with Gasteiger partial charge in [0.05, 0.1) is 32.0 Å². The predicted molar refractivity (Wildman–Crippen MR) is 120 cm³/mol. The van der Waals surface area contributed by atoms with Crippen LogP contribution in [-0.2, 0) is 22.4 Å². The number of benzene rings is 2. The number of ether oxygens (including phenoxy) is 2. The van der Waals surface area contributed by atoms with E-state index in [1.165, 1.54) is 6.07 Å². The standard InChI is InChI=1S/C25H27F3N2O4/c1-32-22-10-9-18(12-23(22)33-2)21-13-20(34-29-21)15-30(24(31)17-6-4-7-17)14-16-5-3-8-19(11-16)25(26,27)28/h3,5,8-12,17,20H,4,6-7,13-15H2,1-2H3. The Morgan fingerprint density at radius 1 is 1.12 bits per heavy atom. The van der Waals surface area contributed by atoms with Crippen molar-refractivity contribution in [3.8, 4) is 11.5 Å². The SMILES string of the molecule is COc1ccc(C2=NOC(CN(Cc3cccc(C(F)(F)F)c3)C(=O)C3CCC3)C2)cc1OC. The lowest BCUT2D eigenvalue weighted by molar-refractivity contribution is -0.140. The van der Waals surface area contributed by atoms with Crippen molar-refractivity contribution in [2.45, 2.75) is 44.5 Å². The third-order valence-electron chi connectivity index (χ3n) is 6.27. The first-order chi connectivity index (χ1) is 16.3. The zero-order valence-corrected chi connectivity index (χ0v) is 19.1. The number of halogens is 3. The van der Waals surface area contributed by atoms with Gasteiger partial charge in [0.15, 0.2) is 17.6 Å². The molecule has 34 heavy (non-hydrogen) atoms. The lowest BCUT2D eigenvalue weighted by Crippen LogP contribution is -2.42. The van der Waals surface area contributed by atoms with Gasteiger partial charge in [-0.25, -0.2) is 0 Å². The fourth-order valence-electron chi connectivity index (χ4n) is 4.17. The molecule has 2 aliphatic rings. The molecule has 2 aromatic carbocycles. The lowest BCUT2D eigenvalue weighted by atomic mass is 9.84. The van der Waals surface area contributed by atoms with Crippen LogP contribution < -0.4 is 9.47 Å². The zero-order valence-electron chi connectivity index (χ0n) is 19.1. The van der Waals surface area contributed by atoms with E-state index in [2.05, 4.69) is 5.16 Å².